The average molecular weight is 184 g/mol. The van der Waals surface area contributed by atoms with Gasteiger partial charge in [-0.3, -0.25) is 0 Å². The first-order chi connectivity index (χ1) is 6.59. The molecule has 1 aromatic carbocycles. The molecule has 0 unspecified atom stereocenters. The van der Waals surface area contributed by atoms with Crippen molar-refractivity contribution < 1.29 is 0 Å². The van der Waals surface area contributed by atoms with Crippen LogP contribution < -0.4 is 0 Å². The fourth-order valence-electron chi connectivity index (χ4n) is 1.87. The van der Waals surface area contributed by atoms with E-state index in [0.717, 1.165) is 0 Å². The number of hydrogen-bond donors (Lipinski definition) is 0. The summed E-state index contributed by atoms with van der Waals surface area (Å²) in [5.41, 5.74) is 8.38. The van der Waals surface area contributed by atoms with Crippen LogP contribution in [0.5, 0.6) is 0 Å². The van der Waals surface area contributed by atoms with Gasteiger partial charge in [-0.15, -0.1) is 0 Å². The third-order valence-electron chi connectivity index (χ3n) is 3.04. The standard InChI is InChI=1S/C14H16/c1-9-5-6-10(2)13(7-9)14-8-11(3)12(14)4/h5-8H,1-4H3. The van der Waals surface area contributed by atoms with Crippen molar-refractivity contribution in [2.75, 3.05) is 0 Å². The fourth-order valence-corrected chi connectivity index (χ4v) is 1.87. The summed E-state index contributed by atoms with van der Waals surface area (Å²) in [6, 6.07) is 6.65. The smallest absolute Gasteiger partial charge is 0.0147 e. The van der Waals surface area contributed by atoms with Crippen molar-refractivity contribution in [3.8, 4) is 0 Å². The summed E-state index contributed by atoms with van der Waals surface area (Å²) in [5.74, 6) is 0. The zero-order chi connectivity index (χ0) is 10.3. The molecule has 0 nitrogen and oxygen atoms in total. The maximum atomic E-state index is 2.27. The number of aryl methyl sites for hydroxylation is 2. The number of allylic oxidation sites excluding steroid dienone is 4. The zero-order valence-electron chi connectivity index (χ0n) is 9.31. The normalized spacial score (nSPS) is 15.3. The Hall–Kier alpha value is -1.30. The van der Waals surface area contributed by atoms with E-state index in [0.29, 0.717) is 0 Å². The molecule has 0 saturated carbocycles. The summed E-state index contributed by atoms with van der Waals surface area (Å²) < 4.78 is 0. The fraction of sp³-hybridized carbons (Fsp3) is 0.286. The molecule has 2 rings (SSSR count). The van der Waals surface area contributed by atoms with Gasteiger partial charge in [0.1, 0.15) is 0 Å². The van der Waals surface area contributed by atoms with Crippen LogP contribution in [0.15, 0.2) is 35.4 Å². The molecular weight excluding hydrogens is 168 g/mol. The van der Waals surface area contributed by atoms with Crippen molar-refractivity contribution in [1.82, 2.24) is 0 Å². The van der Waals surface area contributed by atoms with Crippen LogP contribution >= 0.6 is 0 Å². The third kappa shape index (κ3) is 1.31. The highest BCUT2D eigenvalue weighted by Gasteiger charge is 2.15. The Balaban J connectivity index is 2.49. The van der Waals surface area contributed by atoms with E-state index in [1.165, 1.54) is 33.4 Å². The molecule has 1 aromatic rings. The SMILES string of the molecule is CC1=CC(c2cc(C)ccc2C)=C1C. The third-order valence-corrected chi connectivity index (χ3v) is 3.04. The first-order valence-corrected chi connectivity index (χ1v) is 5.07. The van der Waals surface area contributed by atoms with Crippen LogP contribution in [0.2, 0.25) is 0 Å². The van der Waals surface area contributed by atoms with Crippen molar-refractivity contribution in [3.05, 3.63) is 52.1 Å². The van der Waals surface area contributed by atoms with Gasteiger partial charge in [0.05, 0.1) is 0 Å². The summed E-state index contributed by atoms with van der Waals surface area (Å²) in [7, 11) is 0. The summed E-state index contributed by atoms with van der Waals surface area (Å²) in [4.78, 5) is 0. The zero-order valence-corrected chi connectivity index (χ0v) is 9.31. The van der Waals surface area contributed by atoms with Crippen LogP contribution in [0.4, 0.5) is 0 Å². The largest absolute Gasteiger partial charge is 0.0590 e. The highest BCUT2D eigenvalue weighted by atomic mass is 14.2. The van der Waals surface area contributed by atoms with Crippen molar-refractivity contribution >= 4 is 5.57 Å². The molecule has 0 atom stereocenters. The average Bonchev–Trinajstić information content (AvgIpc) is 2.18. The molecule has 0 saturated heterocycles. The topological polar surface area (TPSA) is 0 Å². The second-order valence-corrected chi connectivity index (χ2v) is 4.18. The first kappa shape index (κ1) is 9.26. The summed E-state index contributed by atoms with van der Waals surface area (Å²) in [6.45, 7) is 8.70. The minimum absolute atomic E-state index is 1.34. The van der Waals surface area contributed by atoms with Crippen molar-refractivity contribution in [3.63, 3.8) is 0 Å². The highest BCUT2D eigenvalue weighted by molar-refractivity contribution is 5.88. The Morgan fingerprint density at radius 2 is 1.64 bits per heavy atom. The van der Waals surface area contributed by atoms with E-state index < -0.39 is 0 Å². The second kappa shape index (κ2) is 3.13. The van der Waals surface area contributed by atoms with Gasteiger partial charge in [0.25, 0.3) is 0 Å². The molecule has 0 fully saturated rings. The quantitative estimate of drug-likeness (QED) is 0.618. The molecule has 0 bridgehead atoms. The molecule has 0 spiro atoms. The van der Waals surface area contributed by atoms with Crippen LogP contribution in [0.25, 0.3) is 5.57 Å². The maximum absolute atomic E-state index is 2.27. The maximum Gasteiger partial charge on any atom is -0.0147 e. The van der Waals surface area contributed by atoms with E-state index in [4.69, 9.17) is 0 Å². The molecule has 0 aromatic heterocycles. The van der Waals surface area contributed by atoms with Crippen LogP contribution in [-0.4, -0.2) is 0 Å². The molecule has 0 aliphatic heterocycles. The van der Waals surface area contributed by atoms with Crippen LogP contribution in [0, 0.1) is 13.8 Å². The molecule has 72 valence electrons. The molecular formula is C14H16. The number of benzene rings is 1. The van der Waals surface area contributed by atoms with E-state index in [1.54, 1.807) is 0 Å². The van der Waals surface area contributed by atoms with Crippen LogP contribution in [0.1, 0.15) is 30.5 Å². The predicted octanol–water partition coefficient (Wildman–Crippen LogP) is 4.04. The van der Waals surface area contributed by atoms with E-state index in [-0.39, 0.29) is 0 Å². The number of hydrogen-bond acceptors (Lipinski definition) is 0. The van der Waals surface area contributed by atoms with Crippen molar-refractivity contribution in [1.29, 1.82) is 0 Å². The van der Waals surface area contributed by atoms with Gasteiger partial charge in [-0.2, -0.15) is 0 Å². The van der Waals surface area contributed by atoms with Gasteiger partial charge in [0, 0.05) is 0 Å². The van der Waals surface area contributed by atoms with Crippen LogP contribution in [0.3, 0.4) is 0 Å². The van der Waals surface area contributed by atoms with Crippen molar-refractivity contribution in [2.24, 2.45) is 0 Å². The molecule has 14 heavy (non-hydrogen) atoms. The molecule has 0 radical (unpaired) electrons. The summed E-state index contributed by atoms with van der Waals surface area (Å²) in [6.07, 6.45) is 2.27. The lowest BCUT2D eigenvalue weighted by molar-refractivity contribution is 1.27. The van der Waals surface area contributed by atoms with Gasteiger partial charge in [-0.1, -0.05) is 29.8 Å². The Morgan fingerprint density at radius 1 is 0.929 bits per heavy atom. The van der Waals surface area contributed by atoms with Crippen LogP contribution in [-0.2, 0) is 0 Å². The molecule has 1 aliphatic carbocycles. The highest BCUT2D eigenvalue weighted by Crippen LogP contribution is 2.35. The monoisotopic (exact) mass is 184 g/mol. The van der Waals surface area contributed by atoms with Gasteiger partial charge in [0.2, 0.25) is 0 Å². The van der Waals surface area contributed by atoms with Gasteiger partial charge in [-0.25, -0.2) is 0 Å². The van der Waals surface area contributed by atoms with Gasteiger partial charge in [0.15, 0.2) is 0 Å². The lowest BCUT2D eigenvalue weighted by Crippen LogP contribution is -2.00. The van der Waals surface area contributed by atoms with Gasteiger partial charge >= 0.3 is 0 Å². The Kier molecular flexibility index (Phi) is 2.07. The Morgan fingerprint density at radius 3 is 2.21 bits per heavy atom. The lowest BCUT2D eigenvalue weighted by Gasteiger charge is -2.21. The summed E-state index contributed by atoms with van der Waals surface area (Å²) in [5, 5.41) is 0. The first-order valence-electron chi connectivity index (χ1n) is 5.07. The van der Waals surface area contributed by atoms with Gasteiger partial charge < -0.3 is 0 Å². The van der Waals surface area contributed by atoms with E-state index >= 15 is 0 Å². The molecule has 0 amide bonds. The van der Waals surface area contributed by atoms with Gasteiger partial charge in [-0.05, 0) is 55.5 Å². The van der Waals surface area contributed by atoms with E-state index in [1.807, 2.05) is 0 Å². The Labute approximate surface area is 86.0 Å². The molecule has 1 aliphatic rings. The van der Waals surface area contributed by atoms with Crippen molar-refractivity contribution in [2.45, 2.75) is 27.7 Å². The Bertz CT molecular complexity index is 445. The lowest BCUT2D eigenvalue weighted by atomic mass is 9.84. The van der Waals surface area contributed by atoms with E-state index in [9.17, 15) is 0 Å². The molecule has 0 heteroatoms. The number of rotatable bonds is 1. The second-order valence-electron chi connectivity index (χ2n) is 4.18. The minimum Gasteiger partial charge on any atom is -0.0590 e. The molecule has 0 N–H and O–H groups in total. The van der Waals surface area contributed by atoms with E-state index in [2.05, 4.69) is 52.0 Å². The minimum atomic E-state index is 1.34. The molecule has 0 heterocycles. The summed E-state index contributed by atoms with van der Waals surface area (Å²) >= 11 is 0. The predicted molar refractivity (Wildman–Crippen MR) is 62.3 cm³/mol.